The molecule has 6 heteroatoms. The van der Waals surface area contributed by atoms with Crippen LogP contribution in [0, 0.1) is 6.92 Å². The maximum absolute atomic E-state index is 12.0. The van der Waals surface area contributed by atoms with Gasteiger partial charge in [0.2, 0.25) is 15.0 Å². The van der Waals surface area contributed by atoms with Gasteiger partial charge in [-0.25, -0.2) is 18.4 Å². The van der Waals surface area contributed by atoms with E-state index in [1.807, 2.05) is 0 Å². The zero-order valence-electron chi connectivity index (χ0n) is 9.18. The molecule has 0 saturated carbocycles. The quantitative estimate of drug-likeness (QED) is 0.771. The molecule has 1 atom stereocenters. The number of rotatable bonds is 3. The van der Waals surface area contributed by atoms with Crippen molar-refractivity contribution in [2.45, 2.75) is 31.0 Å². The molecule has 5 nitrogen and oxygen atoms in total. The molecule has 88 valence electrons. The topological polar surface area (TPSA) is 72.0 Å². The Kier molecular flexibility index (Phi) is 3.20. The first-order valence-electron chi connectivity index (χ1n) is 5.34. The molecule has 0 amide bonds. The Morgan fingerprint density at radius 2 is 2.38 bits per heavy atom. The SMILES string of the molecule is Cc1ccnc(S(=O)(=O)C[C@@H]2CCCN2)n1. The molecule has 0 radical (unpaired) electrons. The van der Waals surface area contributed by atoms with Gasteiger partial charge in [0.1, 0.15) is 0 Å². The summed E-state index contributed by atoms with van der Waals surface area (Å²) in [6.07, 6.45) is 3.43. The molecule has 2 heterocycles. The van der Waals surface area contributed by atoms with E-state index in [2.05, 4.69) is 15.3 Å². The highest BCUT2D eigenvalue weighted by atomic mass is 32.2. The monoisotopic (exact) mass is 241 g/mol. The first-order valence-corrected chi connectivity index (χ1v) is 6.99. The maximum Gasteiger partial charge on any atom is 0.247 e. The van der Waals surface area contributed by atoms with E-state index in [1.54, 1.807) is 13.0 Å². The molecule has 1 aromatic heterocycles. The fourth-order valence-electron chi connectivity index (χ4n) is 1.81. The fraction of sp³-hybridized carbons (Fsp3) is 0.600. The van der Waals surface area contributed by atoms with Crippen molar-refractivity contribution in [3.63, 3.8) is 0 Å². The smallest absolute Gasteiger partial charge is 0.247 e. The van der Waals surface area contributed by atoms with Crippen molar-refractivity contribution in [3.05, 3.63) is 18.0 Å². The van der Waals surface area contributed by atoms with Crippen LogP contribution in [0.4, 0.5) is 0 Å². The van der Waals surface area contributed by atoms with Gasteiger partial charge in [0.15, 0.2) is 0 Å². The van der Waals surface area contributed by atoms with Crippen molar-refractivity contribution < 1.29 is 8.42 Å². The molecule has 2 rings (SSSR count). The van der Waals surface area contributed by atoms with Crippen molar-refractivity contribution in [2.24, 2.45) is 0 Å². The predicted molar refractivity (Wildman–Crippen MR) is 59.8 cm³/mol. The van der Waals surface area contributed by atoms with Gasteiger partial charge in [-0.3, -0.25) is 0 Å². The number of hydrogen-bond acceptors (Lipinski definition) is 5. The lowest BCUT2D eigenvalue weighted by atomic mass is 10.3. The molecule has 0 unspecified atom stereocenters. The molecule has 0 bridgehead atoms. The Morgan fingerprint density at radius 1 is 1.56 bits per heavy atom. The van der Waals surface area contributed by atoms with E-state index >= 15 is 0 Å². The summed E-state index contributed by atoms with van der Waals surface area (Å²) in [6.45, 7) is 2.66. The highest BCUT2D eigenvalue weighted by Gasteiger charge is 2.25. The first-order chi connectivity index (χ1) is 7.58. The Hall–Kier alpha value is -1.01. The normalized spacial score (nSPS) is 21.2. The summed E-state index contributed by atoms with van der Waals surface area (Å²) in [6, 6.07) is 1.74. The van der Waals surface area contributed by atoms with Gasteiger partial charge in [0, 0.05) is 17.9 Å². The van der Waals surface area contributed by atoms with Crippen LogP contribution in [0.25, 0.3) is 0 Å². The molecule has 1 saturated heterocycles. The molecule has 1 aliphatic rings. The standard InChI is InChI=1S/C10H15N3O2S/c1-8-4-6-12-10(13-8)16(14,15)7-9-3-2-5-11-9/h4,6,9,11H,2-3,5,7H2,1H3/t9-/m0/s1. The van der Waals surface area contributed by atoms with E-state index in [0.717, 1.165) is 19.4 Å². The summed E-state index contributed by atoms with van der Waals surface area (Å²) in [5, 5.41) is 3.11. The zero-order valence-corrected chi connectivity index (χ0v) is 10.00. The van der Waals surface area contributed by atoms with Gasteiger partial charge in [-0.05, 0) is 32.4 Å². The highest BCUT2D eigenvalue weighted by molar-refractivity contribution is 7.91. The highest BCUT2D eigenvalue weighted by Crippen LogP contribution is 2.12. The second kappa shape index (κ2) is 4.47. The Labute approximate surface area is 95.2 Å². The predicted octanol–water partition coefficient (Wildman–Crippen LogP) is 0.311. The second-order valence-corrected chi connectivity index (χ2v) is 5.98. The van der Waals surface area contributed by atoms with E-state index in [9.17, 15) is 8.42 Å². The Bertz CT molecular complexity index is 467. The summed E-state index contributed by atoms with van der Waals surface area (Å²) >= 11 is 0. The van der Waals surface area contributed by atoms with E-state index in [1.165, 1.54) is 6.20 Å². The van der Waals surface area contributed by atoms with Crippen LogP contribution in [0.1, 0.15) is 18.5 Å². The third-order valence-corrected chi connectivity index (χ3v) is 4.23. The van der Waals surface area contributed by atoms with E-state index < -0.39 is 9.84 Å². The fourth-order valence-corrected chi connectivity index (χ4v) is 3.28. The van der Waals surface area contributed by atoms with E-state index in [0.29, 0.717) is 5.69 Å². The number of nitrogens with one attached hydrogen (secondary N) is 1. The van der Waals surface area contributed by atoms with Crippen molar-refractivity contribution in [3.8, 4) is 0 Å². The average Bonchev–Trinajstić information content (AvgIpc) is 2.70. The minimum atomic E-state index is -3.35. The molecule has 0 spiro atoms. The second-order valence-electron chi connectivity index (χ2n) is 4.06. The van der Waals surface area contributed by atoms with Crippen LogP contribution in [0.3, 0.4) is 0 Å². The summed E-state index contributed by atoms with van der Waals surface area (Å²) in [5.41, 5.74) is 0.674. The lowest BCUT2D eigenvalue weighted by molar-refractivity contribution is 0.568. The first kappa shape index (κ1) is 11.5. The molecule has 0 aliphatic carbocycles. The van der Waals surface area contributed by atoms with Crippen molar-refractivity contribution in [1.29, 1.82) is 0 Å². The average molecular weight is 241 g/mol. The van der Waals surface area contributed by atoms with Crippen LogP contribution >= 0.6 is 0 Å². The van der Waals surface area contributed by atoms with E-state index in [4.69, 9.17) is 0 Å². The molecular formula is C10H15N3O2S. The van der Waals surface area contributed by atoms with Crippen LogP contribution in [-0.2, 0) is 9.84 Å². The molecule has 1 aliphatic heterocycles. The lowest BCUT2D eigenvalue weighted by Gasteiger charge is -2.09. The van der Waals surface area contributed by atoms with Gasteiger partial charge in [-0.2, -0.15) is 0 Å². The molecule has 1 aromatic rings. The number of aryl methyl sites for hydroxylation is 1. The Morgan fingerprint density at radius 3 is 3.00 bits per heavy atom. The van der Waals surface area contributed by atoms with Crippen molar-refractivity contribution in [2.75, 3.05) is 12.3 Å². The minimum absolute atomic E-state index is 0.0501. The number of hydrogen-bond donors (Lipinski definition) is 1. The summed E-state index contributed by atoms with van der Waals surface area (Å²) in [4.78, 5) is 7.79. The van der Waals surface area contributed by atoms with Gasteiger partial charge in [-0.1, -0.05) is 0 Å². The van der Waals surface area contributed by atoms with Crippen LogP contribution in [-0.4, -0.2) is 36.7 Å². The molecule has 1 N–H and O–H groups in total. The lowest BCUT2D eigenvalue weighted by Crippen LogP contribution is -2.30. The molecule has 1 fully saturated rings. The van der Waals surface area contributed by atoms with E-state index in [-0.39, 0.29) is 17.0 Å². The summed E-state index contributed by atoms with van der Waals surface area (Å²) in [7, 11) is -3.35. The van der Waals surface area contributed by atoms with Crippen molar-refractivity contribution >= 4 is 9.84 Å². The van der Waals surface area contributed by atoms with Crippen LogP contribution < -0.4 is 5.32 Å². The number of sulfone groups is 1. The van der Waals surface area contributed by atoms with Gasteiger partial charge in [0.05, 0.1) is 5.75 Å². The van der Waals surface area contributed by atoms with Crippen LogP contribution in [0.2, 0.25) is 0 Å². The summed E-state index contributed by atoms with van der Waals surface area (Å²) in [5.74, 6) is 0.0937. The molecule has 16 heavy (non-hydrogen) atoms. The third-order valence-electron chi connectivity index (χ3n) is 2.63. The van der Waals surface area contributed by atoms with Gasteiger partial charge < -0.3 is 5.32 Å². The number of aromatic nitrogens is 2. The van der Waals surface area contributed by atoms with Gasteiger partial charge in [0.25, 0.3) is 0 Å². The number of nitrogens with zero attached hydrogens (tertiary/aromatic N) is 2. The zero-order chi connectivity index (χ0) is 11.6. The maximum atomic E-state index is 12.0. The summed E-state index contributed by atoms with van der Waals surface area (Å²) < 4.78 is 24.0. The molecule has 0 aromatic carbocycles. The van der Waals surface area contributed by atoms with Crippen LogP contribution in [0.15, 0.2) is 17.4 Å². The van der Waals surface area contributed by atoms with Gasteiger partial charge in [-0.15, -0.1) is 0 Å². The minimum Gasteiger partial charge on any atom is -0.313 e. The Balaban J connectivity index is 2.18. The van der Waals surface area contributed by atoms with Crippen LogP contribution in [0.5, 0.6) is 0 Å². The largest absolute Gasteiger partial charge is 0.313 e. The van der Waals surface area contributed by atoms with Crippen molar-refractivity contribution in [1.82, 2.24) is 15.3 Å². The molecular weight excluding hydrogens is 226 g/mol. The third kappa shape index (κ3) is 2.56. The van der Waals surface area contributed by atoms with Gasteiger partial charge >= 0.3 is 0 Å².